The Kier molecular flexibility index (Phi) is 5.51. The SMILES string of the molecule is CN(Cc1ccccc1)C(=O)c1cc(Nc2nc(-c3ccccc3)nc3ccccc23)n[nH]1. The molecule has 0 saturated carbocycles. The third-order valence-corrected chi connectivity index (χ3v) is 5.30. The van der Waals surface area contributed by atoms with Crippen LogP contribution in [0.3, 0.4) is 0 Å². The minimum absolute atomic E-state index is 0.142. The summed E-state index contributed by atoms with van der Waals surface area (Å²) < 4.78 is 0. The van der Waals surface area contributed by atoms with Gasteiger partial charge in [0.2, 0.25) is 0 Å². The molecule has 1 amide bonds. The molecule has 3 aromatic carbocycles. The summed E-state index contributed by atoms with van der Waals surface area (Å²) in [6.45, 7) is 0.512. The Hall–Kier alpha value is -4.52. The third-order valence-electron chi connectivity index (χ3n) is 5.30. The van der Waals surface area contributed by atoms with Crippen molar-refractivity contribution in [3.63, 3.8) is 0 Å². The van der Waals surface area contributed by atoms with Gasteiger partial charge in [0.25, 0.3) is 5.91 Å². The van der Waals surface area contributed by atoms with E-state index >= 15 is 0 Å². The van der Waals surface area contributed by atoms with E-state index in [-0.39, 0.29) is 5.91 Å². The Labute approximate surface area is 191 Å². The number of carbonyl (C=O) groups excluding carboxylic acids is 1. The molecule has 0 aliphatic carbocycles. The van der Waals surface area contributed by atoms with Crippen molar-refractivity contribution in [3.05, 3.63) is 102 Å². The van der Waals surface area contributed by atoms with Gasteiger partial charge in [-0.05, 0) is 17.7 Å². The molecule has 2 aromatic heterocycles. The van der Waals surface area contributed by atoms with Gasteiger partial charge in [0.1, 0.15) is 11.5 Å². The van der Waals surface area contributed by atoms with Crippen LogP contribution in [0.1, 0.15) is 16.1 Å². The maximum absolute atomic E-state index is 12.9. The predicted molar refractivity (Wildman–Crippen MR) is 129 cm³/mol. The predicted octanol–water partition coefficient (Wildman–Crippen LogP) is 5.04. The molecule has 0 aliphatic rings. The molecule has 0 atom stereocenters. The number of hydrogen-bond acceptors (Lipinski definition) is 5. The molecule has 0 saturated heterocycles. The number of nitrogens with one attached hydrogen (secondary N) is 2. The van der Waals surface area contributed by atoms with E-state index in [1.807, 2.05) is 84.9 Å². The summed E-state index contributed by atoms with van der Waals surface area (Å²) in [5.41, 5.74) is 3.21. The molecule has 0 bridgehead atoms. The fourth-order valence-electron chi connectivity index (χ4n) is 3.64. The molecule has 0 unspecified atom stereocenters. The summed E-state index contributed by atoms with van der Waals surface area (Å²) in [6, 6.07) is 29.2. The Morgan fingerprint density at radius 1 is 0.909 bits per heavy atom. The van der Waals surface area contributed by atoms with E-state index in [0.717, 1.165) is 22.0 Å². The third kappa shape index (κ3) is 4.43. The van der Waals surface area contributed by atoms with Gasteiger partial charge < -0.3 is 10.2 Å². The van der Waals surface area contributed by atoms with Crippen molar-refractivity contribution in [2.24, 2.45) is 0 Å². The van der Waals surface area contributed by atoms with Crippen molar-refractivity contribution in [2.45, 2.75) is 6.54 Å². The van der Waals surface area contributed by atoms with Gasteiger partial charge in [-0.1, -0.05) is 72.8 Å². The van der Waals surface area contributed by atoms with Crippen LogP contribution < -0.4 is 5.32 Å². The number of hydrogen-bond donors (Lipinski definition) is 2. The zero-order chi connectivity index (χ0) is 22.6. The number of amides is 1. The van der Waals surface area contributed by atoms with Crippen LogP contribution in [0, 0.1) is 0 Å². The van der Waals surface area contributed by atoms with Crippen molar-refractivity contribution >= 4 is 28.4 Å². The lowest BCUT2D eigenvalue weighted by Gasteiger charge is -2.16. The molecule has 2 heterocycles. The monoisotopic (exact) mass is 434 g/mol. The van der Waals surface area contributed by atoms with Crippen molar-refractivity contribution in [1.29, 1.82) is 0 Å². The zero-order valence-electron chi connectivity index (χ0n) is 18.1. The number of carbonyl (C=O) groups is 1. The van der Waals surface area contributed by atoms with Crippen LogP contribution in [-0.4, -0.2) is 38.0 Å². The van der Waals surface area contributed by atoms with Crippen LogP contribution in [0.15, 0.2) is 91.0 Å². The normalized spacial score (nSPS) is 10.8. The van der Waals surface area contributed by atoms with Gasteiger partial charge in [-0.25, -0.2) is 9.97 Å². The van der Waals surface area contributed by atoms with E-state index in [4.69, 9.17) is 9.97 Å². The Balaban J connectivity index is 1.41. The molecule has 0 spiro atoms. The number of benzene rings is 3. The summed E-state index contributed by atoms with van der Waals surface area (Å²) in [5, 5.41) is 11.3. The highest BCUT2D eigenvalue weighted by Gasteiger charge is 2.16. The van der Waals surface area contributed by atoms with E-state index in [2.05, 4.69) is 15.5 Å². The fourth-order valence-corrected chi connectivity index (χ4v) is 3.64. The number of aromatic amines is 1. The average Bonchev–Trinajstić information content (AvgIpc) is 3.33. The highest BCUT2D eigenvalue weighted by Crippen LogP contribution is 2.27. The standard InChI is InChI=1S/C26H22N6O/c1-32(17-18-10-4-2-5-11-18)26(33)22-16-23(31-30-22)28-25-20-14-8-9-15-21(20)27-24(29-25)19-12-6-3-7-13-19/h2-16H,17H2,1H3,(H2,27,28,29,30,31). The van der Waals surface area contributed by atoms with Gasteiger partial charge in [0.05, 0.1) is 5.52 Å². The topological polar surface area (TPSA) is 86.8 Å². The van der Waals surface area contributed by atoms with Crippen molar-refractivity contribution < 1.29 is 4.79 Å². The summed E-state index contributed by atoms with van der Waals surface area (Å²) >= 11 is 0. The lowest BCUT2D eigenvalue weighted by atomic mass is 10.2. The van der Waals surface area contributed by atoms with Crippen LogP contribution in [-0.2, 0) is 6.54 Å². The quantitative estimate of drug-likeness (QED) is 0.391. The lowest BCUT2D eigenvalue weighted by Crippen LogP contribution is -2.26. The van der Waals surface area contributed by atoms with E-state index in [1.54, 1.807) is 18.0 Å². The van der Waals surface area contributed by atoms with Crippen LogP contribution in [0.5, 0.6) is 0 Å². The molecule has 0 radical (unpaired) electrons. The van der Waals surface area contributed by atoms with E-state index in [0.29, 0.717) is 29.7 Å². The van der Waals surface area contributed by atoms with Crippen LogP contribution >= 0.6 is 0 Å². The molecular weight excluding hydrogens is 412 g/mol. The smallest absolute Gasteiger partial charge is 0.271 e. The average molecular weight is 435 g/mol. The number of fused-ring (bicyclic) bond motifs is 1. The van der Waals surface area contributed by atoms with Crippen LogP contribution in [0.4, 0.5) is 11.6 Å². The maximum atomic E-state index is 12.9. The van der Waals surface area contributed by atoms with E-state index in [9.17, 15) is 4.79 Å². The maximum Gasteiger partial charge on any atom is 0.271 e. The molecule has 7 heteroatoms. The zero-order valence-corrected chi connectivity index (χ0v) is 18.1. The van der Waals surface area contributed by atoms with Crippen molar-refractivity contribution in [1.82, 2.24) is 25.1 Å². The Morgan fingerprint density at radius 3 is 2.39 bits per heavy atom. The summed E-state index contributed by atoms with van der Waals surface area (Å²) in [6.07, 6.45) is 0. The van der Waals surface area contributed by atoms with Gasteiger partial charge in [-0.15, -0.1) is 0 Å². The first kappa shape index (κ1) is 20.4. The molecule has 0 fully saturated rings. The Bertz CT molecular complexity index is 1400. The second-order valence-corrected chi connectivity index (χ2v) is 7.72. The summed E-state index contributed by atoms with van der Waals surface area (Å²) in [4.78, 5) is 24.0. The van der Waals surface area contributed by atoms with Crippen LogP contribution in [0.2, 0.25) is 0 Å². The van der Waals surface area contributed by atoms with Crippen LogP contribution in [0.25, 0.3) is 22.3 Å². The summed E-state index contributed by atoms with van der Waals surface area (Å²) in [7, 11) is 1.77. The molecule has 0 aliphatic heterocycles. The highest BCUT2D eigenvalue weighted by molar-refractivity contribution is 5.94. The number of H-pyrrole nitrogens is 1. The first-order valence-corrected chi connectivity index (χ1v) is 10.6. The van der Waals surface area contributed by atoms with Gasteiger partial charge in [0, 0.05) is 30.6 Å². The van der Waals surface area contributed by atoms with E-state index in [1.165, 1.54) is 0 Å². The molecule has 2 N–H and O–H groups in total. The van der Waals surface area contributed by atoms with Gasteiger partial charge >= 0.3 is 0 Å². The molecule has 5 rings (SSSR count). The molecular formula is C26H22N6O. The van der Waals surface area contributed by atoms with Gasteiger partial charge in [-0.2, -0.15) is 5.10 Å². The number of rotatable bonds is 6. The molecule has 33 heavy (non-hydrogen) atoms. The first-order valence-electron chi connectivity index (χ1n) is 10.6. The lowest BCUT2D eigenvalue weighted by molar-refractivity contribution is 0.0779. The van der Waals surface area contributed by atoms with Crippen molar-refractivity contribution in [3.8, 4) is 11.4 Å². The Morgan fingerprint density at radius 2 is 1.61 bits per heavy atom. The first-order chi connectivity index (χ1) is 16.2. The largest absolute Gasteiger partial charge is 0.336 e. The molecule has 162 valence electrons. The van der Waals surface area contributed by atoms with Crippen molar-refractivity contribution in [2.75, 3.05) is 12.4 Å². The highest BCUT2D eigenvalue weighted by atomic mass is 16.2. The second-order valence-electron chi connectivity index (χ2n) is 7.72. The number of aromatic nitrogens is 4. The minimum Gasteiger partial charge on any atom is -0.336 e. The second kappa shape index (κ2) is 8.92. The van der Waals surface area contributed by atoms with Gasteiger partial charge in [-0.3, -0.25) is 9.89 Å². The number of nitrogens with zero attached hydrogens (tertiary/aromatic N) is 4. The molecule has 7 nitrogen and oxygen atoms in total. The van der Waals surface area contributed by atoms with Gasteiger partial charge in [0.15, 0.2) is 11.6 Å². The fraction of sp³-hybridized carbons (Fsp3) is 0.0769. The molecule has 5 aromatic rings. The number of anilines is 2. The minimum atomic E-state index is -0.142. The number of para-hydroxylation sites is 1. The van der Waals surface area contributed by atoms with E-state index < -0.39 is 0 Å². The summed E-state index contributed by atoms with van der Waals surface area (Å²) in [5.74, 6) is 1.61.